The van der Waals surface area contributed by atoms with Crippen LogP contribution in [0.2, 0.25) is 0 Å². The third kappa shape index (κ3) is 3.01. The van der Waals surface area contributed by atoms with Crippen molar-refractivity contribution >= 4 is 28.2 Å². The lowest BCUT2D eigenvalue weighted by molar-refractivity contribution is 0.355. The summed E-state index contributed by atoms with van der Waals surface area (Å²) in [5.74, 6) is 1.85. The Bertz CT molecular complexity index is 1150. The zero-order chi connectivity index (χ0) is 18.8. The number of aromatic nitrogens is 4. The molecule has 0 spiro atoms. The van der Waals surface area contributed by atoms with E-state index in [-0.39, 0.29) is 0 Å². The maximum atomic E-state index is 5.35. The molecule has 136 valence electrons. The molecule has 0 amide bonds. The van der Waals surface area contributed by atoms with E-state index in [1.807, 2.05) is 53.8 Å². The van der Waals surface area contributed by atoms with E-state index in [0.717, 1.165) is 22.3 Å². The van der Waals surface area contributed by atoms with Gasteiger partial charge in [0.25, 0.3) is 0 Å². The first-order chi connectivity index (χ1) is 13.2. The van der Waals surface area contributed by atoms with Gasteiger partial charge in [-0.2, -0.15) is 5.10 Å². The number of methoxy groups -OCH3 is 2. The van der Waals surface area contributed by atoms with Crippen LogP contribution in [0.4, 0.5) is 5.82 Å². The Labute approximate surface area is 155 Å². The highest BCUT2D eigenvalue weighted by molar-refractivity contribution is 5.99. The van der Waals surface area contributed by atoms with Crippen LogP contribution in [0.1, 0.15) is 12.5 Å². The summed E-state index contributed by atoms with van der Waals surface area (Å²) in [6.07, 6.45) is 1.66. The number of ether oxygens (including phenoxy) is 2. The Morgan fingerprint density at radius 2 is 1.89 bits per heavy atom. The summed E-state index contributed by atoms with van der Waals surface area (Å²) in [5, 5.41) is 12.6. The quantitative estimate of drug-likeness (QED) is 0.434. The predicted octanol–water partition coefficient (Wildman–Crippen LogP) is 3.13. The molecule has 4 aromatic rings. The van der Waals surface area contributed by atoms with Crippen molar-refractivity contribution < 1.29 is 9.47 Å². The predicted molar refractivity (Wildman–Crippen MR) is 104 cm³/mol. The second-order valence-corrected chi connectivity index (χ2v) is 5.85. The number of nitrogens with zero attached hydrogens (tertiary/aromatic N) is 5. The van der Waals surface area contributed by atoms with Gasteiger partial charge in [-0.05, 0) is 37.3 Å². The zero-order valence-corrected chi connectivity index (χ0v) is 15.2. The summed E-state index contributed by atoms with van der Waals surface area (Å²) in [6.45, 7) is 1.90. The summed E-state index contributed by atoms with van der Waals surface area (Å²) in [5.41, 5.74) is 7.05. The number of rotatable bonds is 5. The van der Waals surface area contributed by atoms with Gasteiger partial charge in [-0.15, -0.1) is 10.2 Å². The molecule has 2 aromatic carbocycles. The fraction of sp³-hybridized carbons (Fsp3) is 0.158. The van der Waals surface area contributed by atoms with Gasteiger partial charge >= 0.3 is 0 Å². The van der Waals surface area contributed by atoms with Crippen LogP contribution in [0.3, 0.4) is 0 Å². The van der Waals surface area contributed by atoms with Gasteiger partial charge in [-0.25, -0.2) is 4.98 Å². The molecule has 0 saturated heterocycles. The van der Waals surface area contributed by atoms with Gasteiger partial charge in [0.15, 0.2) is 17.3 Å². The summed E-state index contributed by atoms with van der Waals surface area (Å²) in [6, 6.07) is 13.4. The van der Waals surface area contributed by atoms with Crippen LogP contribution in [0, 0.1) is 0 Å². The highest BCUT2D eigenvalue weighted by Gasteiger charge is 2.10. The molecular formula is C19H18N6O2. The number of fused-ring (bicyclic) bond motifs is 3. The number of para-hydroxylation sites is 2. The van der Waals surface area contributed by atoms with E-state index in [4.69, 9.17) is 9.47 Å². The molecule has 0 radical (unpaired) electrons. The van der Waals surface area contributed by atoms with Gasteiger partial charge in [-0.1, -0.05) is 12.1 Å². The molecule has 0 unspecified atom stereocenters. The lowest BCUT2D eigenvalue weighted by atomic mass is 10.1. The molecule has 27 heavy (non-hydrogen) atoms. The number of nitrogens with one attached hydrogen (secondary N) is 1. The molecule has 0 atom stereocenters. The summed E-state index contributed by atoms with van der Waals surface area (Å²) >= 11 is 0. The maximum Gasteiger partial charge on any atom is 0.205 e. The monoisotopic (exact) mass is 362 g/mol. The lowest BCUT2D eigenvalue weighted by Crippen LogP contribution is -2.04. The summed E-state index contributed by atoms with van der Waals surface area (Å²) in [7, 11) is 3.21. The smallest absolute Gasteiger partial charge is 0.205 e. The molecular weight excluding hydrogens is 344 g/mol. The minimum absolute atomic E-state index is 0.533. The summed E-state index contributed by atoms with van der Waals surface area (Å²) in [4.78, 5) is 4.62. The molecule has 0 bridgehead atoms. The maximum absolute atomic E-state index is 5.35. The van der Waals surface area contributed by atoms with Crippen molar-refractivity contribution in [3.8, 4) is 11.5 Å². The third-order valence-corrected chi connectivity index (χ3v) is 4.26. The highest BCUT2D eigenvalue weighted by atomic mass is 16.5. The Hall–Kier alpha value is -3.68. The number of anilines is 1. The van der Waals surface area contributed by atoms with Crippen molar-refractivity contribution in [2.75, 3.05) is 19.6 Å². The molecule has 0 aliphatic carbocycles. The van der Waals surface area contributed by atoms with E-state index in [1.54, 1.807) is 20.5 Å². The minimum atomic E-state index is 0.533. The molecule has 0 aliphatic heterocycles. The molecule has 2 heterocycles. The van der Waals surface area contributed by atoms with E-state index >= 15 is 0 Å². The van der Waals surface area contributed by atoms with Gasteiger partial charge in [0.1, 0.15) is 6.33 Å². The van der Waals surface area contributed by atoms with Crippen molar-refractivity contribution in [2.45, 2.75) is 6.92 Å². The Kier molecular flexibility index (Phi) is 4.29. The standard InChI is InChI=1S/C19H18N6O2/c1-12(13-8-9-16(26-2)17(10-13)27-3)22-23-18-19-24-20-11-25(19)15-7-5-4-6-14(15)21-18/h4-11H,1-3H3,(H,21,23). The van der Waals surface area contributed by atoms with Crippen LogP contribution in [-0.4, -0.2) is 39.5 Å². The Morgan fingerprint density at radius 1 is 1.07 bits per heavy atom. The SMILES string of the molecule is COc1ccc(C(C)=NNc2nc3ccccc3n3cnnc23)cc1OC. The minimum Gasteiger partial charge on any atom is -0.493 e. The van der Waals surface area contributed by atoms with Gasteiger partial charge in [0.05, 0.1) is 31.0 Å². The van der Waals surface area contributed by atoms with Crippen LogP contribution in [0.25, 0.3) is 16.7 Å². The second-order valence-electron chi connectivity index (χ2n) is 5.85. The lowest BCUT2D eigenvalue weighted by Gasteiger charge is -2.10. The number of benzene rings is 2. The van der Waals surface area contributed by atoms with Gasteiger partial charge in [0.2, 0.25) is 5.65 Å². The van der Waals surface area contributed by atoms with Crippen LogP contribution in [-0.2, 0) is 0 Å². The molecule has 0 saturated carbocycles. The Balaban J connectivity index is 1.70. The highest BCUT2D eigenvalue weighted by Crippen LogP contribution is 2.28. The first-order valence-electron chi connectivity index (χ1n) is 8.32. The van der Waals surface area contributed by atoms with Crippen LogP contribution in [0.15, 0.2) is 53.9 Å². The first kappa shape index (κ1) is 16.8. The molecule has 0 fully saturated rings. The van der Waals surface area contributed by atoms with E-state index in [0.29, 0.717) is 23.0 Å². The normalized spacial score (nSPS) is 11.7. The molecule has 2 aromatic heterocycles. The van der Waals surface area contributed by atoms with Crippen molar-refractivity contribution in [2.24, 2.45) is 5.10 Å². The van der Waals surface area contributed by atoms with Crippen molar-refractivity contribution in [1.82, 2.24) is 19.6 Å². The zero-order valence-electron chi connectivity index (χ0n) is 15.2. The first-order valence-corrected chi connectivity index (χ1v) is 8.32. The molecule has 8 heteroatoms. The van der Waals surface area contributed by atoms with Crippen LogP contribution in [0.5, 0.6) is 11.5 Å². The second kappa shape index (κ2) is 6.91. The fourth-order valence-corrected chi connectivity index (χ4v) is 2.84. The van der Waals surface area contributed by atoms with Crippen molar-refractivity contribution in [1.29, 1.82) is 0 Å². The molecule has 8 nitrogen and oxygen atoms in total. The number of hydrazone groups is 1. The van der Waals surface area contributed by atoms with Crippen LogP contribution >= 0.6 is 0 Å². The molecule has 4 rings (SSSR count). The van der Waals surface area contributed by atoms with Gasteiger partial charge < -0.3 is 9.47 Å². The van der Waals surface area contributed by atoms with E-state index in [1.165, 1.54) is 0 Å². The fourth-order valence-electron chi connectivity index (χ4n) is 2.84. The van der Waals surface area contributed by atoms with Crippen molar-refractivity contribution in [3.05, 3.63) is 54.4 Å². The van der Waals surface area contributed by atoms with E-state index in [2.05, 4.69) is 25.7 Å². The van der Waals surface area contributed by atoms with Crippen molar-refractivity contribution in [3.63, 3.8) is 0 Å². The topological polar surface area (TPSA) is 85.9 Å². The molecule has 1 N–H and O–H groups in total. The molecule has 0 aliphatic rings. The van der Waals surface area contributed by atoms with E-state index in [9.17, 15) is 0 Å². The average molecular weight is 362 g/mol. The van der Waals surface area contributed by atoms with Gasteiger partial charge in [0, 0.05) is 5.56 Å². The number of hydrogen-bond donors (Lipinski definition) is 1. The van der Waals surface area contributed by atoms with Crippen LogP contribution < -0.4 is 14.9 Å². The van der Waals surface area contributed by atoms with Gasteiger partial charge in [-0.3, -0.25) is 9.83 Å². The van der Waals surface area contributed by atoms with E-state index < -0.39 is 0 Å². The number of hydrogen-bond acceptors (Lipinski definition) is 7. The Morgan fingerprint density at radius 3 is 2.70 bits per heavy atom. The summed E-state index contributed by atoms with van der Waals surface area (Å²) < 4.78 is 12.5. The largest absolute Gasteiger partial charge is 0.493 e. The third-order valence-electron chi connectivity index (χ3n) is 4.26. The average Bonchev–Trinajstić information content (AvgIpc) is 3.21.